The molecule has 0 saturated heterocycles. The summed E-state index contributed by atoms with van der Waals surface area (Å²) in [6.07, 6.45) is 11.4. The molecule has 192 valence electrons. The Balaban J connectivity index is 2.00. The molecule has 3 atom stereocenters. The molecule has 1 saturated carbocycles. The number of ether oxygens (including phenoxy) is 1. The van der Waals surface area contributed by atoms with Gasteiger partial charge in [0.25, 0.3) is 0 Å². The second-order valence-electron chi connectivity index (χ2n) is 9.90. The quantitative estimate of drug-likeness (QED) is 0.352. The molecule has 1 heterocycles. The van der Waals surface area contributed by atoms with Crippen LogP contribution in [0.4, 0.5) is 4.79 Å². The summed E-state index contributed by atoms with van der Waals surface area (Å²) in [6, 6.07) is 2.83. The van der Waals surface area contributed by atoms with Crippen molar-refractivity contribution in [2.45, 2.75) is 94.4 Å². The Morgan fingerprint density at radius 2 is 1.85 bits per heavy atom. The fourth-order valence-corrected chi connectivity index (χ4v) is 5.59. The van der Waals surface area contributed by atoms with Gasteiger partial charge in [-0.25, -0.2) is 4.79 Å². The predicted molar refractivity (Wildman–Crippen MR) is 140 cm³/mol. The average Bonchev–Trinajstić information content (AvgIpc) is 2.78. The first-order valence-electron chi connectivity index (χ1n) is 12.2. The topological polar surface area (TPSA) is 101 Å². The van der Waals surface area contributed by atoms with E-state index in [0.717, 1.165) is 29.9 Å². The number of hydrogen-bond acceptors (Lipinski definition) is 7. The molecule has 0 spiro atoms. The molecule has 0 radical (unpaired) electrons. The van der Waals surface area contributed by atoms with Gasteiger partial charge >= 0.3 is 6.09 Å². The summed E-state index contributed by atoms with van der Waals surface area (Å²) in [5.74, 6) is 1.39. The largest absolute Gasteiger partial charge is 0.444 e. The third-order valence-electron chi connectivity index (χ3n) is 5.78. The average molecular weight is 512 g/mol. The van der Waals surface area contributed by atoms with Crippen molar-refractivity contribution in [1.29, 1.82) is 0 Å². The number of carbonyl (C=O) groups excluding carboxylic acids is 2. The lowest BCUT2D eigenvalue weighted by molar-refractivity contribution is -0.124. The van der Waals surface area contributed by atoms with Crippen molar-refractivity contribution in [2.75, 3.05) is 17.8 Å². The van der Waals surface area contributed by atoms with Crippen LogP contribution >= 0.6 is 23.5 Å². The van der Waals surface area contributed by atoms with Crippen molar-refractivity contribution in [3.8, 4) is 0 Å². The van der Waals surface area contributed by atoms with E-state index in [2.05, 4.69) is 15.6 Å². The highest BCUT2D eigenvalue weighted by Gasteiger charge is 2.30. The van der Waals surface area contributed by atoms with Crippen molar-refractivity contribution in [2.24, 2.45) is 5.92 Å². The van der Waals surface area contributed by atoms with Gasteiger partial charge in [-0.3, -0.25) is 9.78 Å². The van der Waals surface area contributed by atoms with E-state index in [1.807, 2.05) is 18.4 Å². The number of nitrogens with one attached hydrogen (secondary N) is 2. The number of pyridine rings is 1. The fraction of sp³-hybridized carbons (Fsp3) is 0.720. The summed E-state index contributed by atoms with van der Waals surface area (Å²) in [6.45, 7) is 5.37. The molecule has 9 heteroatoms. The third-order valence-corrected chi connectivity index (χ3v) is 7.49. The highest BCUT2D eigenvalue weighted by Crippen LogP contribution is 2.29. The molecule has 7 nitrogen and oxygen atoms in total. The Labute approximate surface area is 213 Å². The molecule has 1 aromatic heterocycles. The molecule has 0 unspecified atom stereocenters. The van der Waals surface area contributed by atoms with E-state index >= 15 is 0 Å². The monoisotopic (exact) mass is 511 g/mol. The first kappa shape index (κ1) is 28.8. The Kier molecular flexibility index (Phi) is 12.6. The standard InChI is InChI=1S/C25H41N3O4S2/c1-25(2,3)32-24(31)28-21(17-33-4)23(30)27-20(16-18-8-6-5-7-9-18)22(29)12-15-34-19-10-13-26-14-11-19/h10-11,13-14,18,20-22,29H,5-9,12,15-17H2,1-4H3,(H,27,30)(H,28,31)/t20-,21-,22-/m0/s1. The van der Waals surface area contributed by atoms with Gasteiger partial charge in [0, 0.05) is 28.8 Å². The molecule has 34 heavy (non-hydrogen) atoms. The molecule has 1 fully saturated rings. The number of nitrogens with zero attached hydrogens (tertiary/aromatic N) is 1. The Morgan fingerprint density at radius 3 is 2.47 bits per heavy atom. The van der Waals surface area contributed by atoms with Crippen LogP contribution in [0.5, 0.6) is 0 Å². The van der Waals surface area contributed by atoms with Gasteiger partial charge in [0.05, 0.1) is 12.1 Å². The van der Waals surface area contributed by atoms with Crippen molar-refractivity contribution < 1.29 is 19.4 Å². The summed E-state index contributed by atoms with van der Waals surface area (Å²) < 4.78 is 5.34. The SMILES string of the molecule is CSC[C@H](NC(=O)OC(C)(C)C)C(=O)N[C@@H](CC1CCCCC1)[C@@H](O)CCSc1ccncc1. The lowest BCUT2D eigenvalue weighted by atomic mass is 9.83. The number of carbonyl (C=O) groups is 2. The van der Waals surface area contributed by atoms with Gasteiger partial charge in [-0.15, -0.1) is 11.8 Å². The molecule has 0 bridgehead atoms. The molecule has 1 aliphatic carbocycles. The summed E-state index contributed by atoms with van der Waals surface area (Å²) >= 11 is 3.15. The van der Waals surface area contributed by atoms with Crippen molar-refractivity contribution >= 4 is 35.5 Å². The summed E-state index contributed by atoms with van der Waals surface area (Å²) in [4.78, 5) is 30.6. The minimum atomic E-state index is -0.725. The van der Waals surface area contributed by atoms with Gasteiger partial charge in [0.2, 0.25) is 5.91 Å². The van der Waals surface area contributed by atoms with Crippen LogP contribution in [0.1, 0.15) is 65.7 Å². The van der Waals surface area contributed by atoms with Crippen LogP contribution in [0, 0.1) is 5.92 Å². The summed E-state index contributed by atoms with van der Waals surface area (Å²) in [5, 5.41) is 16.8. The molecule has 0 aliphatic heterocycles. The Hall–Kier alpha value is -1.45. The van der Waals surface area contributed by atoms with Crippen molar-refractivity contribution in [3.05, 3.63) is 24.5 Å². The number of rotatable bonds is 12. The second kappa shape index (κ2) is 14.8. The number of thioether (sulfide) groups is 2. The van der Waals surface area contributed by atoms with Crippen LogP contribution < -0.4 is 10.6 Å². The maximum Gasteiger partial charge on any atom is 0.408 e. The van der Waals surface area contributed by atoms with E-state index in [-0.39, 0.29) is 11.9 Å². The molecule has 1 aliphatic rings. The molecule has 1 aromatic rings. The molecule has 2 rings (SSSR count). The van der Waals surface area contributed by atoms with Crippen molar-refractivity contribution in [1.82, 2.24) is 15.6 Å². The van der Waals surface area contributed by atoms with E-state index in [4.69, 9.17) is 4.74 Å². The maximum atomic E-state index is 13.2. The van der Waals surface area contributed by atoms with Crippen LogP contribution in [0.25, 0.3) is 0 Å². The molecule has 2 amide bonds. The van der Waals surface area contributed by atoms with E-state index in [1.54, 1.807) is 44.9 Å². The lowest BCUT2D eigenvalue weighted by Gasteiger charge is -2.31. The number of aromatic nitrogens is 1. The minimum absolute atomic E-state index is 0.276. The van der Waals surface area contributed by atoms with E-state index in [0.29, 0.717) is 18.1 Å². The normalized spacial score (nSPS) is 17.4. The fourth-order valence-electron chi connectivity index (χ4n) is 4.11. The van der Waals surface area contributed by atoms with Gasteiger partial charge in [-0.1, -0.05) is 32.1 Å². The number of alkyl carbamates (subject to hydrolysis) is 1. The van der Waals surface area contributed by atoms with Gasteiger partial charge < -0.3 is 20.5 Å². The van der Waals surface area contributed by atoms with Gasteiger partial charge in [0.1, 0.15) is 11.6 Å². The molecular weight excluding hydrogens is 470 g/mol. The van der Waals surface area contributed by atoms with Crippen LogP contribution in [0.3, 0.4) is 0 Å². The van der Waals surface area contributed by atoms with Crippen molar-refractivity contribution in [3.63, 3.8) is 0 Å². The van der Waals surface area contributed by atoms with E-state index in [1.165, 1.54) is 31.0 Å². The summed E-state index contributed by atoms with van der Waals surface area (Å²) in [5.41, 5.74) is -0.642. The first-order chi connectivity index (χ1) is 16.2. The van der Waals surface area contributed by atoms with Crippen LogP contribution in [0.15, 0.2) is 29.4 Å². The van der Waals surface area contributed by atoms with Gasteiger partial charge in [0.15, 0.2) is 0 Å². The highest BCUT2D eigenvalue weighted by atomic mass is 32.2. The molecule has 0 aromatic carbocycles. The van der Waals surface area contributed by atoms with Gasteiger partial charge in [-0.2, -0.15) is 11.8 Å². The van der Waals surface area contributed by atoms with E-state index in [9.17, 15) is 14.7 Å². The minimum Gasteiger partial charge on any atom is -0.444 e. The van der Waals surface area contributed by atoms with Gasteiger partial charge in [-0.05, 0) is 57.9 Å². The molecule has 3 N–H and O–H groups in total. The van der Waals surface area contributed by atoms with E-state index < -0.39 is 23.8 Å². The lowest BCUT2D eigenvalue weighted by Crippen LogP contribution is -2.54. The number of amides is 2. The first-order valence-corrected chi connectivity index (χ1v) is 14.6. The Morgan fingerprint density at radius 1 is 1.18 bits per heavy atom. The second-order valence-corrected chi connectivity index (χ2v) is 12.0. The zero-order valence-electron chi connectivity index (χ0n) is 20.9. The van der Waals surface area contributed by atoms with Crippen LogP contribution in [-0.2, 0) is 9.53 Å². The highest BCUT2D eigenvalue weighted by molar-refractivity contribution is 7.99. The zero-order chi connectivity index (χ0) is 25.0. The molecular formula is C25H41N3O4S2. The van der Waals surface area contributed by atoms with Crippen LogP contribution in [-0.4, -0.2) is 63.6 Å². The zero-order valence-corrected chi connectivity index (χ0v) is 22.6. The third kappa shape index (κ3) is 11.3. The number of aliphatic hydroxyl groups excluding tert-OH is 1. The Bertz CT molecular complexity index is 739. The number of aliphatic hydroxyl groups is 1. The smallest absolute Gasteiger partial charge is 0.408 e. The maximum absolute atomic E-state index is 13.2. The van der Waals surface area contributed by atoms with Crippen LogP contribution in [0.2, 0.25) is 0 Å². The predicted octanol–water partition coefficient (Wildman–Crippen LogP) is 4.64. The number of hydrogen-bond donors (Lipinski definition) is 3. The summed E-state index contributed by atoms with van der Waals surface area (Å²) in [7, 11) is 0.